The quantitative estimate of drug-likeness (QED) is 0.927. The molecule has 0 bridgehead atoms. The third kappa shape index (κ3) is 3.14. The highest BCUT2D eigenvalue weighted by Gasteiger charge is 2.45. The summed E-state index contributed by atoms with van der Waals surface area (Å²) >= 11 is 0. The molecule has 1 N–H and O–H groups in total. The van der Waals surface area contributed by atoms with Crippen molar-refractivity contribution in [3.8, 4) is 0 Å². The second-order valence-corrected chi connectivity index (χ2v) is 6.58. The fourth-order valence-electron chi connectivity index (χ4n) is 3.54. The Bertz CT molecular complexity index is 507. The minimum absolute atomic E-state index is 0.229. The van der Waals surface area contributed by atoms with Crippen molar-refractivity contribution in [2.45, 2.75) is 69.6 Å². The normalized spacial score (nSPS) is 26.9. The fraction of sp³-hybridized carbons (Fsp3) is 0.867. The lowest BCUT2D eigenvalue weighted by Crippen LogP contribution is -2.45. The van der Waals surface area contributed by atoms with Crippen molar-refractivity contribution in [2.75, 3.05) is 0 Å². The molecular weight excluding hydrogens is 293 g/mol. The zero-order valence-electron chi connectivity index (χ0n) is 12.9. The van der Waals surface area contributed by atoms with Gasteiger partial charge in [0.25, 0.3) is 0 Å². The van der Waals surface area contributed by atoms with Crippen molar-refractivity contribution in [2.24, 2.45) is 13.0 Å². The van der Waals surface area contributed by atoms with E-state index in [-0.39, 0.29) is 6.42 Å². The molecule has 0 aliphatic heterocycles. The third-order valence-electron chi connectivity index (χ3n) is 5.18. The Hall–Kier alpha value is -1.11. The number of rotatable bonds is 4. The number of nitrogens with one attached hydrogen (secondary N) is 1. The van der Waals surface area contributed by atoms with Crippen molar-refractivity contribution < 1.29 is 13.2 Å². The summed E-state index contributed by atoms with van der Waals surface area (Å²) in [5, 5.41) is 11.5. The van der Waals surface area contributed by atoms with Crippen LogP contribution in [0.4, 0.5) is 13.2 Å². The Morgan fingerprint density at radius 2 is 1.82 bits per heavy atom. The van der Waals surface area contributed by atoms with Crippen LogP contribution in [-0.2, 0) is 13.6 Å². The molecule has 0 spiro atoms. The van der Waals surface area contributed by atoms with Crippen LogP contribution in [0.15, 0.2) is 0 Å². The molecule has 3 rings (SSSR count). The molecule has 0 aromatic carbocycles. The summed E-state index contributed by atoms with van der Waals surface area (Å²) in [5.74, 6) is 0.942. The van der Waals surface area contributed by atoms with Gasteiger partial charge in [0.05, 0.1) is 12.5 Å². The van der Waals surface area contributed by atoms with Crippen LogP contribution in [0.1, 0.15) is 62.5 Å². The molecule has 2 aliphatic rings. The standard InChI is InChI=1S/C15H23F3N4/c1-22-13(20-21-14(22)10-5-4-6-10)9-19-12-8-3-2-7-11(12)15(16,17)18/h10-12,19H,2-9H2,1H3/t11-,12-/m1/s1. The molecule has 2 aliphatic carbocycles. The minimum atomic E-state index is -4.12. The van der Waals surface area contributed by atoms with Crippen LogP contribution in [0.2, 0.25) is 0 Å². The van der Waals surface area contributed by atoms with Gasteiger partial charge in [0, 0.05) is 19.0 Å². The summed E-state index contributed by atoms with van der Waals surface area (Å²) in [6, 6.07) is -0.502. The molecule has 1 heterocycles. The number of aromatic nitrogens is 3. The summed E-state index contributed by atoms with van der Waals surface area (Å²) in [6.45, 7) is 0.355. The van der Waals surface area contributed by atoms with Crippen LogP contribution in [-0.4, -0.2) is 27.0 Å². The van der Waals surface area contributed by atoms with Crippen LogP contribution in [0.5, 0.6) is 0 Å². The number of nitrogens with zero attached hydrogens (tertiary/aromatic N) is 3. The van der Waals surface area contributed by atoms with Gasteiger partial charge >= 0.3 is 6.18 Å². The molecule has 2 atom stereocenters. The Labute approximate surface area is 128 Å². The van der Waals surface area contributed by atoms with Crippen LogP contribution >= 0.6 is 0 Å². The topological polar surface area (TPSA) is 42.7 Å². The maximum absolute atomic E-state index is 13.1. The van der Waals surface area contributed by atoms with E-state index in [0.29, 0.717) is 25.3 Å². The molecule has 7 heteroatoms. The summed E-state index contributed by atoms with van der Waals surface area (Å²) in [7, 11) is 1.91. The molecular formula is C15H23F3N4. The molecule has 0 saturated heterocycles. The highest BCUT2D eigenvalue weighted by molar-refractivity contribution is 5.05. The fourth-order valence-corrected chi connectivity index (χ4v) is 3.54. The SMILES string of the molecule is Cn1c(CN[C@@H]2CCCC[C@H]2C(F)(F)F)nnc1C1CCC1. The van der Waals surface area contributed by atoms with Crippen molar-refractivity contribution in [3.63, 3.8) is 0 Å². The van der Waals surface area contributed by atoms with Gasteiger partial charge in [0.15, 0.2) is 0 Å². The molecule has 2 saturated carbocycles. The highest BCUT2D eigenvalue weighted by atomic mass is 19.4. The number of hydrogen-bond acceptors (Lipinski definition) is 3. The van der Waals surface area contributed by atoms with E-state index < -0.39 is 18.1 Å². The van der Waals surface area contributed by atoms with Gasteiger partial charge in [-0.05, 0) is 25.7 Å². The Morgan fingerprint density at radius 1 is 1.09 bits per heavy atom. The van der Waals surface area contributed by atoms with Crippen molar-refractivity contribution in [3.05, 3.63) is 11.6 Å². The maximum atomic E-state index is 13.1. The van der Waals surface area contributed by atoms with E-state index in [1.54, 1.807) is 0 Å². The van der Waals surface area contributed by atoms with E-state index in [0.717, 1.165) is 30.9 Å². The lowest BCUT2D eigenvalue weighted by atomic mass is 9.84. The first-order chi connectivity index (χ1) is 10.5. The van der Waals surface area contributed by atoms with E-state index in [9.17, 15) is 13.2 Å². The molecule has 0 amide bonds. The summed E-state index contributed by atoms with van der Waals surface area (Å²) in [4.78, 5) is 0. The van der Waals surface area contributed by atoms with Crippen molar-refractivity contribution >= 4 is 0 Å². The van der Waals surface area contributed by atoms with Crippen LogP contribution in [0, 0.1) is 5.92 Å². The van der Waals surface area contributed by atoms with Crippen LogP contribution < -0.4 is 5.32 Å². The van der Waals surface area contributed by atoms with Gasteiger partial charge in [-0.2, -0.15) is 13.2 Å². The molecule has 1 aromatic rings. The smallest absolute Gasteiger partial charge is 0.317 e. The van der Waals surface area contributed by atoms with Crippen molar-refractivity contribution in [1.29, 1.82) is 0 Å². The molecule has 0 unspecified atom stereocenters. The molecule has 0 radical (unpaired) electrons. The first kappa shape index (κ1) is 15.8. The maximum Gasteiger partial charge on any atom is 0.393 e. The third-order valence-corrected chi connectivity index (χ3v) is 5.18. The van der Waals surface area contributed by atoms with Gasteiger partial charge in [0.2, 0.25) is 0 Å². The lowest BCUT2D eigenvalue weighted by molar-refractivity contribution is -0.189. The van der Waals surface area contributed by atoms with E-state index in [4.69, 9.17) is 0 Å². The van der Waals surface area contributed by atoms with E-state index in [2.05, 4.69) is 15.5 Å². The average Bonchev–Trinajstić information content (AvgIpc) is 2.76. The molecule has 4 nitrogen and oxygen atoms in total. The zero-order chi connectivity index (χ0) is 15.7. The van der Waals surface area contributed by atoms with Crippen LogP contribution in [0.25, 0.3) is 0 Å². The summed E-state index contributed by atoms with van der Waals surface area (Å²) in [6.07, 6.45) is 1.71. The van der Waals surface area contributed by atoms with E-state index in [1.807, 2.05) is 11.6 Å². The zero-order valence-corrected chi connectivity index (χ0v) is 12.9. The molecule has 1 aromatic heterocycles. The number of hydrogen-bond donors (Lipinski definition) is 1. The van der Waals surface area contributed by atoms with Gasteiger partial charge in [-0.3, -0.25) is 0 Å². The van der Waals surface area contributed by atoms with Gasteiger partial charge in [-0.1, -0.05) is 19.3 Å². The number of alkyl halides is 3. The van der Waals surface area contributed by atoms with Gasteiger partial charge in [-0.15, -0.1) is 10.2 Å². The Balaban J connectivity index is 1.62. The highest BCUT2D eigenvalue weighted by Crippen LogP contribution is 2.38. The van der Waals surface area contributed by atoms with Gasteiger partial charge in [0.1, 0.15) is 11.6 Å². The van der Waals surface area contributed by atoms with Gasteiger partial charge < -0.3 is 9.88 Å². The lowest BCUT2D eigenvalue weighted by Gasteiger charge is -2.33. The molecule has 2 fully saturated rings. The molecule has 124 valence electrons. The Kier molecular flexibility index (Phi) is 4.43. The number of halogens is 3. The molecule has 22 heavy (non-hydrogen) atoms. The predicted molar refractivity (Wildman–Crippen MR) is 76.2 cm³/mol. The van der Waals surface area contributed by atoms with Crippen LogP contribution in [0.3, 0.4) is 0 Å². The second kappa shape index (κ2) is 6.18. The average molecular weight is 316 g/mol. The van der Waals surface area contributed by atoms with Crippen molar-refractivity contribution in [1.82, 2.24) is 20.1 Å². The minimum Gasteiger partial charge on any atom is -0.317 e. The summed E-state index contributed by atoms with van der Waals surface area (Å²) < 4.78 is 41.2. The summed E-state index contributed by atoms with van der Waals surface area (Å²) in [5.41, 5.74) is 0. The van der Waals surface area contributed by atoms with E-state index in [1.165, 1.54) is 6.42 Å². The predicted octanol–water partition coefficient (Wildman–Crippen LogP) is 3.29. The first-order valence-electron chi connectivity index (χ1n) is 8.15. The second-order valence-electron chi connectivity index (χ2n) is 6.58. The van der Waals surface area contributed by atoms with Gasteiger partial charge in [-0.25, -0.2) is 0 Å². The largest absolute Gasteiger partial charge is 0.393 e. The monoisotopic (exact) mass is 316 g/mol. The first-order valence-corrected chi connectivity index (χ1v) is 8.15. The Morgan fingerprint density at radius 3 is 2.45 bits per heavy atom. The van der Waals surface area contributed by atoms with E-state index >= 15 is 0 Å².